The molecule has 0 saturated heterocycles. The fraction of sp³-hybridized carbons (Fsp3) is 0.286. The summed E-state index contributed by atoms with van der Waals surface area (Å²) in [6, 6.07) is 1.28. The van der Waals surface area contributed by atoms with E-state index in [-0.39, 0.29) is 10.9 Å². The third kappa shape index (κ3) is 2.49. The number of hydrogen-bond acceptors (Lipinski definition) is 5. The lowest BCUT2D eigenvalue weighted by molar-refractivity contribution is -0.133. The van der Waals surface area contributed by atoms with Gasteiger partial charge in [0, 0.05) is 11.8 Å². The Morgan fingerprint density at radius 3 is 3.00 bits per heavy atom. The van der Waals surface area contributed by atoms with Crippen LogP contribution in [0.3, 0.4) is 0 Å². The predicted molar refractivity (Wildman–Crippen MR) is 51.7 cm³/mol. The summed E-state index contributed by atoms with van der Waals surface area (Å²) < 4.78 is 0.834. The maximum absolute atomic E-state index is 11.1. The van der Waals surface area contributed by atoms with Gasteiger partial charge in [-0.25, -0.2) is 9.66 Å². The first-order valence-corrected chi connectivity index (χ1v) is 4.69. The Labute approximate surface area is 83.7 Å². The van der Waals surface area contributed by atoms with Gasteiger partial charge in [-0.3, -0.25) is 9.59 Å². The number of aliphatic carboxylic acids is 1. The van der Waals surface area contributed by atoms with Crippen molar-refractivity contribution < 1.29 is 9.90 Å². The van der Waals surface area contributed by atoms with Gasteiger partial charge in [-0.1, -0.05) is 11.8 Å². The SMILES string of the molecule is Cc1cc(=O)n(N)c(SCC(=O)O)n1. The average Bonchev–Trinajstić information content (AvgIpc) is 2.08. The number of aromatic nitrogens is 2. The van der Waals surface area contributed by atoms with E-state index in [1.54, 1.807) is 6.92 Å². The summed E-state index contributed by atoms with van der Waals surface area (Å²) in [5, 5.41) is 8.63. The van der Waals surface area contributed by atoms with Gasteiger partial charge in [0.2, 0.25) is 0 Å². The number of carboxylic acid groups (broad SMARTS) is 1. The molecule has 1 rings (SSSR count). The van der Waals surface area contributed by atoms with Crippen molar-refractivity contribution in [2.24, 2.45) is 0 Å². The van der Waals surface area contributed by atoms with Gasteiger partial charge in [0.1, 0.15) is 0 Å². The fourth-order valence-electron chi connectivity index (χ4n) is 0.808. The minimum atomic E-state index is -0.981. The van der Waals surface area contributed by atoms with E-state index >= 15 is 0 Å². The number of aryl methyl sites for hydroxylation is 1. The van der Waals surface area contributed by atoms with Crippen molar-refractivity contribution >= 4 is 17.7 Å². The Morgan fingerprint density at radius 2 is 2.43 bits per heavy atom. The molecule has 0 radical (unpaired) electrons. The quantitative estimate of drug-likeness (QED) is 0.398. The van der Waals surface area contributed by atoms with E-state index in [1.165, 1.54) is 6.07 Å². The number of nitrogen functional groups attached to an aromatic ring is 1. The Balaban J connectivity index is 2.96. The summed E-state index contributed by atoms with van der Waals surface area (Å²) in [7, 11) is 0. The average molecular weight is 215 g/mol. The van der Waals surface area contributed by atoms with Crippen LogP contribution in [-0.2, 0) is 4.79 Å². The molecule has 0 aliphatic rings. The van der Waals surface area contributed by atoms with Crippen LogP contribution in [0.4, 0.5) is 0 Å². The Bertz CT molecular complexity index is 415. The molecule has 0 saturated carbocycles. The van der Waals surface area contributed by atoms with Gasteiger partial charge in [0.25, 0.3) is 5.56 Å². The zero-order valence-electron chi connectivity index (χ0n) is 7.43. The molecule has 0 amide bonds. The van der Waals surface area contributed by atoms with Crippen LogP contribution >= 0.6 is 11.8 Å². The van der Waals surface area contributed by atoms with E-state index in [0.29, 0.717) is 5.69 Å². The summed E-state index contributed by atoms with van der Waals surface area (Å²) in [5.41, 5.74) is 0.120. The molecular weight excluding hydrogens is 206 g/mol. The molecule has 6 nitrogen and oxygen atoms in total. The van der Waals surface area contributed by atoms with Gasteiger partial charge in [-0.05, 0) is 6.92 Å². The highest BCUT2D eigenvalue weighted by molar-refractivity contribution is 7.99. The van der Waals surface area contributed by atoms with Crippen molar-refractivity contribution in [3.8, 4) is 0 Å². The van der Waals surface area contributed by atoms with E-state index in [1.807, 2.05) is 0 Å². The Kier molecular flexibility index (Phi) is 3.13. The highest BCUT2D eigenvalue weighted by Gasteiger charge is 2.07. The lowest BCUT2D eigenvalue weighted by Crippen LogP contribution is -2.29. The Hall–Kier alpha value is -1.50. The van der Waals surface area contributed by atoms with Crippen LogP contribution in [0.2, 0.25) is 0 Å². The monoisotopic (exact) mass is 215 g/mol. The van der Waals surface area contributed by atoms with Gasteiger partial charge in [0.05, 0.1) is 5.75 Å². The van der Waals surface area contributed by atoms with Gasteiger partial charge in [-0.15, -0.1) is 0 Å². The Morgan fingerprint density at radius 1 is 1.79 bits per heavy atom. The molecule has 0 aliphatic heterocycles. The molecule has 0 bridgehead atoms. The second kappa shape index (κ2) is 4.14. The smallest absolute Gasteiger partial charge is 0.313 e. The molecule has 14 heavy (non-hydrogen) atoms. The van der Waals surface area contributed by atoms with E-state index < -0.39 is 11.5 Å². The van der Waals surface area contributed by atoms with E-state index in [9.17, 15) is 9.59 Å². The molecule has 1 aromatic rings. The minimum absolute atomic E-state index is 0.174. The third-order valence-corrected chi connectivity index (χ3v) is 2.31. The molecule has 0 aromatic carbocycles. The van der Waals surface area contributed by atoms with Crippen molar-refractivity contribution in [3.05, 3.63) is 22.1 Å². The molecule has 7 heteroatoms. The van der Waals surface area contributed by atoms with Crippen molar-refractivity contribution in [1.29, 1.82) is 0 Å². The molecule has 76 valence electrons. The maximum atomic E-state index is 11.1. The molecule has 1 aromatic heterocycles. The maximum Gasteiger partial charge on any atom is 0.313 e. The predicted octanol–water partition coefficient (Wildman–Crippen LogP) is -0.558. The van der Waals surface area contributed by atoms with Crippen molar-refractivity contribution in [2.45, 2.75) is 12.1 Å². The second-order valence-corrected chi connectivity index (χ2v) is 3.51. The molecule has 0 atom stereocenters. The number of carbonyl (C=O) groups is 1. The van der Waals surface area contributed by atoms with Crippen LogP contribution in [0.15, 0.2) is 16.0 Å². The first kappa shape index (κ1) is 10.6. The first-order valence-electron chi connectivity index (χ1n) is 3.71. The first-order chi connectivity index (χ1) is 6.50. The van der Waals surface area contributed by atoms with Crippen LogP contribution in [0.25, 0.3) is 0 Å². The lowest BCUT2D eigenvalue weighted by atomic mass is 10.5. The normalized spacial score (nSPS) is 10.1. The van der Waals surface area contributed by atoms with Gasteiger partial charge in [0.15, 0.2) is 5.16 Å². The number of thioether (sulfide) groups is 1. The number of nitrogens with zero attached hydrogens (tertiary/aromatic N) is 2. The van der Waals surface area contributed by atoms with Crippen molar-refractivity contribution in [1.82, 2.24) is 9.66 Å². The molecule has 0 spiro atoms. The number of hydrogen-bond donors (Lipinski definition) is 2. The van der Waals surface area contributed by atoms with Crippen LogP contribution < -0.4 is 11.4 Å². The molecule has 0 unspecified atom stereocenters. The van der Waals surface area contributed by atoms with Gasteiger partial charge < -0.3 is 10.9 Å². The summed E-state index contributed by atoms with van der Waals surface area (Å²) in [6.07, 6.45) is 0. The molecule has 0 fully saturated rings. The highest BCUT2D eigenvalue weighted by atomic mass is 32.2. The van der Waals surface area contributed by atoms with E-state index in [2.05, 4.69) is 4.98 Å². The number of rotatable bonds is 3. The number of nitrogens with two attached hydrogens (primary N) is 1. The largest absolute Gasteiger partial charge is 0.481 e. The minimum Gasteiger partial charge on any atom is -0.481 e. The summed E-state index contributed by atoms with van der Waals surface area (Å²) >= 11 is 0.911. The topological polar surface area (TPSA) is 98.2 Å². The van der Waals surface area contributed by atoms with E-state index in [4.69, 9.17) is 10.9 Å². The molecule has 0 aliphatic carbocycles. The van der Waals surface area contributed by atoms with Crippen LogP contribution in [-0.4, -0.2) is 26.5 Å². The molecule has 3 N–H and O–H groups in total. The lowest BCUT2D eigenvalue weighted by Gasteiger charge is -2.04. The molecular formula is C7H9N3O3S. The van der Waals surface area contributed by atoms with Gasteiger partial charge in [-0.2, -0.15) is 0 Å². The van der Waals surface area contributed by atoms with Crippen LogP contribution in [0.1, 0.15) is 5.69 Å². The van der Waals surface area contributed by atoms with Crippen molar-refractivity contribution in [3.63, 3.8) is 0 Å². The van der Waals surface area contributed by atoms with Crippen LogP contribution in [0.5, 0.6) is 0 Å². The fourth-order valence-corrected chi connectivity index (χ4v) is 1.50. The van der Waals surface area contributed by atoms with E-state index in [0.717, 1.165) is 16.4 Å². The summed E-state index contributed by atoms with van der Waals surface area (Å²) in [6.45, 7) is 1.65. The third-order valence-electron chi connectivity index (χ3n) is 1.37. The standard InChI is InChI=1S/C7H9N3O3S/c1-4-2-5(11)10(8)7(9-4)14-3-6(12)13/h2H,3,8H2,1H3,(H,12,13). The van der Waals surface area contributed by atoms with Crippen LogP contribution in [0, 0.1) is 6.92 Å². The summed E-state index contributed by atoms with van der Waals surface area (Å²) in [4.78, 5) is 25.4. The highest BCUT2D eigenvalue weighted by Crippen LogP contribution is 2.11. The van der Waals surface area contributed by atoms with Crippen molar-refractivity contribution in [2.75, 3.05) is 11.6 Å². The number of carboxylic acids is 1. The zero-order valence-corrected chi connectivity index (χ0v) is 8.24. The summed E-state index contributed by atoms with van der Waals surface area (Å²) in [5.74, 6) is 4.21. The second-order valence-electron chi connectivity index (χ2n) is 2.57. The molecule has 1 heterocycles. The van der Waals surface area contributed by atoms with Gasteiger partial charge >= 0.3 is 5.97 Å². The zero-order chi connectivity index (χ0) is 10.7.